The van der Waals surface area contributed by atoms with Crippen LogP contribution in [0.3, 0.4) is 0 Å². The highest BCUT2D eigenvalue weighted by Gasteiger charge is 2.13. The van der Waals surface area contributed by atoms with Crippen molar-refractivity contribution in [3.05, 3.63) is 30.1 Å². The van der Waals surface area contributed by atoms with Gasteiger partial charge in [-0.05, 0) is 31.0 Å². The van der Waals surface area contributed by atoms with Crippen LogP contribution in [0, 0.1) is 5.92 Å². The van der Waals surface area contributed by atoms with Gasteiger partial charge < -0.3 is 5.32 Å². The summed E-state index contributed by atoms with van der Waals surface area (Å²) in [5.74, 6) is 0.987. The molecule has 0 aliphatic heterocycles. The molecule has 0 bridgehead atoms. The SMILES string of the molecule is c1ccc(CNCCC2CCCC2)nc1. The first-order valence-corrected chi connectivity index (χ1v) is 6.06. The molecular weight excluding hydrogens is 184 g/mol. The van der Waals surface area contributed by atoms with E-state index in [0.717, 1.165) is 24.7 Å². The van der Waals surface area contributed by atoms with Crippen LogP contribution in [0.25, 0.3) is 0 Å². The van der Waals surface area contributed by atoms with Crippen molar-refractivity contribution in [2.24, 2.45) is 5.92 Å². The zero-order chi connectivity index (χ0) is 10.3. The molecular formula is C13H20N2. The summed E-state index contributed by atoms with van der Waals surface area (Å²) in [6.07, 6.45) is 8.99. The quantitative estimate of drug-likeness (QED) is 0.746. The topological polar surface area (TPSA) is 24.9 Å². The lowest BCUT2D eigenvalue weighted by molar-refractivity contribution is 0.476. The summed E-state index contributed by atoms with van der Waals surface area (Å²) in [5, 5.41) is 3.47. The zero-order valence-electron chi connectivity index (χ0n) is 9.28. The molecule has 2 nitrogen and oxygen atoms in total. The summed E-state index contributed by atoms with van der Waals surface area (Å²) < 4.78 is 0. The van der Waals surface area contributed by atoms with Crippen molar-refractivity contribution in [3.63, 3.8) is 0 Å². The third kappa shape index (κ3) is 3.63. The van der Waals surface area contributed by atoms with Gasteiger partial charge in [-0.2, -0.15) is 0 Å². The molecule has 0 unspecified atom stereocenters. The van der Waals surface area contributed by atoms with Crippen molar-refractivity contribution in [2.75, 3.05) is 6.54 Å². The Kier molecular flexibility index (Phi) is 4.15. The monoisotopic (exact) mass is 204 g/mol. The average molecular weight is 204 g/mol. The molecule has 1 N–H and O–H groups in total. The van der Waals surface area contributed by atoms with Crippen LogP contribution in [-0.4, -0.2) is 11.5 Å². The van der Waals surface area contributed by atoms with E-state index in [1.54, 1.807) is 0 Å². The Morgan fingerprint density at radius 3 is 2.87 bits per heavy atom. The molecule has 15 heavy (non-hydrogen) atoms. The van der Waals surface area contributed by atoms with Crippen molar-refractivity contribution < 1.29 is 0 Å². The summed E-state index contributed by atoms with van der Waals surface area (Å²) in [7, 11) is 0. The van der Waals surface area contributed by atoms with Crippen LogP contribution in [0.2, 0.25) is 0 Å². The van der Waals surface area contributed by atoms with Crippen molar-refractivity contribution in [1.82, 2.24) is 10.3 Å². The Hall–Kier alpha value is -0.890. The number of nitrogens with one attached hydrogen (secondary N) is 1. The summed E-state index contributed by atoms with van der Waals surface area (Å²) in [4.78, 5) is 4.29. The smallest absolute Gasteiger partial charge is 0.0541 e. The molecule has 2 heteroatoms. The summed E-state index contributed by atoms with van der Waals surface area (Å²) >= 11 is 0. The van der Waals surface area contributed by atoms with E-state index in [-0.39, 0.29) is 0 Å². The van der Waals surface area contributed by atoms with Gasteiger partial charge in [0.25, 0.3) is 0 Å². The number of aromatic nitrogens is 1. The Morgan fingerprint density at radius 2 is 2.13 bits per heavy atom. The van der Waals surface area contributed by atoms with Crippen LogP contribution in [-0.2, 0) is 6.54 Å². The molecule has 2 rings (SSSR count). The van der Waals surface area contributed by atoms with Gasteiger partial charge in [0, 0.05) is 12.7 Å². The fraction of sp³-hybridized carbons (Fsp3) is 0.615. The minimum atomic E-state index is 0.910. The number of nitrogens with zero attached hydrogens (tertiary/aromatic N) is 1. The number of hydrogen-bond acceptors (Lipinski definition) is 2. The van der Waals surface area contributed by atoms with Crippen molar-refractivity contribution in [3.8, 4) is 0 Å². The van der Waals surface area contributed by atoms with E-state index in [1.807, 2.05) is 18.3 Å². The first-order chi connectivity index (χ1) is 7.45. The minimum Gasteiger partial charge on any atom is -0.311 e. The number of pyridine rings is 1. The normalized spacial score (nSPS) is 17.1. The summed E-state index contributed by atoms with van der Waals surface area (Å²) in [6, 6.07) is 6.07. The Labute approximate surface area is 92.1 Å². The number of hydrogen-bond donors (Lipinski definition) is 1. The molecule has 0 spiro atoms. The van der Waals surface area contributed by atoms with Crippen LogP contribution < -0.4 is 5.32 Å². The number of rotatable bonds is 5. The molecule has 0 aromatic carbocycles. The molecule has 1 heterocycles. The highest BCUT2D eigenvalue weighted by atomic mass is 14.9. The second kappa shape index (κ2) is 5.86. The van der Waals surface area contributed by atoms with Crippen LogP contribution in [0.5, 0.6) is 0 Å². The first-order valence-electron chi connectivity index (χ1n) is 6.06. The third-order valence-corrected chi connectivity index (χ3v) is 3.24. The average Bonchev–Trinajstić information content (AvgIpc) is 2.79. The highest BCUT2D eigenvalue weighted by molar-refractivity contribution is 5.02. The van der Waals surface area contributed by atoms with E-state index in [0.29, 0.717) is 0 Å². The third-order valence-electron chi connectivity index (χ3n) is 3.24. The predicted octanol–water partition coefficient (Wildman–Crippen LogP) is 2.75. The van der Waals surface area contributed by atoms with E-state index in [9.17, 15) is 0 Å². The van der Waals surface area contributed by atoms with Gasteiger partial charge in [0.1, 0.15) is 0 Å². The molecule has 1 aliphatic rings. The van der Waals surface area contributed by atoms with Crippen LogP contribution in [0.1, 0.15) is 37.8 Å². The molecule has 1 aromatic heterocycles. The Morgan fingerprint density at radius 1 is 1.27 bits per heavy atom. The maximum Gasteiger partial charge on any atom is 0.0541 e. The molecule has 0 radical (unpaired) electrons. The second-order valence-corrected chi connectivity index (χ2v) is 4.44. The van der Waals surface area contributed by atoms with Gasteiger partial charge in [-0.1, -0.05) is 31.7 Å². The Balaban J connectivity index is 1.59. The van der Waals surface area contributed by atoms with Gasteiger partial charge in [0.05, 0.1) is 5.69 Å². The fourth-order valence-electron chi connectivity index (χ4n) is 2.32. The first kappa shape index (κ1) is 10.6. The largest absolute Gasteiger partial charge is 0.311 e. The van der Waals surface area contributed by atoms with E-state index >= 15 is 0 Å². The summed E-state index contributed by atoms with van der Waals surface area (Å²) in [5.41, 5.74) is 1.14. The highest BCUT2D eigenvalue weighted by Crippen LogP contribution is 2.26. The molecule has 82 valence electrons. The van der Waals surface area contributed by atoms with Crippen LogP contribution in [0.4, 0.5) is 0 Å². The van der Waals surface area contributed by atoms with E-state index in [2.05, 4.69) is 16.4 Å². The molecule has 1 saturated carbocycles. The second-order valence-electron chi connectivity index (χ2n) is 4.44. The predicted molar refractivity (Wildman–Crippen MR) is 62.5 cm³/mol. The van der Waals surface area contributed by atoms with Crippen molar-refractivity contribution >= 4 is 0 Å². The lowest BCUT2D eigenvalue weighted by Crippen LogP contribution is -2.17. The Bertz CT molecular complexity index is 265. The molecule has 1 aliphatic carbocycles. The molecule has 1 aromatic rings. The molecule has 0 saturated heterocycles. The maximum absolute atomic E-state index is 4.29. The van der Waals surface area contributed by atoms with Gasteiger partial charge in [0.2, 0.25) is 0 Å². The van der Waals surface area contributed by atoms with Crippen molar-refractivity contribution in [2.45, 2.75) is 38.6 Å². The van der Waals surface area contributed by atoms with Gasteiger partial charge in [0.15, 0.2) is 0 Å². The maximum atomic E-state index is 4.29. The van der Waals surface area contributed by atoms with E-state index in [1.165, 1.54) is 32.1 Å². The molecule has 0 amide bonds. The summed E-state index contributed by atoms with van der Waals surface area (Å²) in [6.45, 7) is 2.05. The van der Waals surface area contributed by atoms with Gasteiger partial charge in [-0.25, -0.2) is 0 Å². The van der Waals surface area contributed by atoms with Gasteiger partial charge in [-0.15, -0.1) is 0 Å². The van der Waals surface area contributed by atoms with Crippen LogP contribution in [0.15, 0.2) is 24.4 Å². The lowest BCUT2D eigenvalue weighted by atomic mass is 10.0. The van der Waals surface area contributed by atoms with Crippen LogP contribution >= 0.6 is 0 Å². The lowest BCUT2D eigenvalue weighted by Gasteiger charge is -2.09. The fourth-order valence-corrected chi connectivity index (χ4v) is 2.32. The minimum absolute atomic E-state index is 0.910. The molecule has 0 atom stereocenters. The molecule has 1 fully saturated rings. The van der Waals surface area contributed by atoms with E-state index in [4.69, 9.17) is 0 Å². The van der Waals surface area contributed by atoms with Crippen molar-refractivity contribution in [1.29, 1.82) is 0 Å². The standard InChI is InChI=1S/C13H20N2/c1-2-6-12(5-1)8-10-14-11-13-7-3-4-9-15-13/h3-4,7,9,12,14H,1-2,5-6,8,10-11H2. The van der Waals surface area contributed by atoms with Gasteiger partial charge in [-0.3, -0.25) is 4.98 Å². The van der Waals surface area contributed by atoms with E-state index < -0.39 is 0 Å². The zero-order valence-corrected chi connectivity index (χ0v) is 9.28. The van der Waals surface area contributed by atoms with Gasteiger partial charge >= 0.3 is 0 Å².